The zero-order valence-corrected chi connectivity index (χ0v) is 14.8. The fourth-order valence-electron chi connectivity index (χ4n) is 4.40. The Bertz CT molecular complexity index is 281. The molecule has 2 fully saturated rings. The monoisotopic (exact) mass is 294 g/mol. The van der Waals surface area contributed by atoms with E-state index in [1.165, 1.54) is 84.1 Å². The van der Waals surface area contributed by atoms with E-state index in [0.717, 1.165) is 11.8 Å². The van der Waals surface area contributed by atoms with E-state index in [1.807, 2.05) is 0 Å². The zero-order chi connectivity index (χ0) is 15.1. The predicted molar refractivity (Wildman–Crippen MR) is 92.7 cm³/mol. The molecule has 2 nitrogen and oxygen atoms in total. The number of nitrogens with one attached hydrogen (secondary N) is 1. The molecule has 21 heavy (non-hydrogen) atoms. The molecule has 0 amide bonds. The van der Waals surface area contributed by atoms with Crippen LogP contribution < -0.4 is 5.32 Å². The lowest BCUT2D eigenvalue weighted by molar-refractivity contribution is 0.0613. The van der Waals surface area contributed by atoms with E-state index in [4.69, 9.17) is 0 Å². The van der Waals surface area contributed by atoms with Crippen LogP contribution in [0.2, 0.25) is 0 Å². The summed E-state index contributed by atoms with van der Waals surface area (Å²) < 4.78 is 0. The Labute approximate surface area is 133 Å². The number of rotatable bonds is 7. The first-order valence-electron chi connectivity index (χ1n) is 9.60. The first-order chi connectivity index (χ1) is 10.2. The van der Waals surface area contributed by atoms with Crippen molar-refractivity contribution in [2.75, 3.05) is 32.7 Å². The molecule has 0 radical (unpaired) electrons. The van der Waals surface area contributed by atoms with Crippen LogP contribution >= 0.6 is 0 Å². The molecular weight excluding hydrogens is 256 g/mol. The molecule has 0 aromatic heterocycles. The van der Waals surface area contributed by atoms with Gasteiger partial charge in [-0.3, -0.25) is 0 Å². The first-order valence-corrected chi connectivity index (χ1v) is 9.60. The molecule has 2 rings (SSSR count). The van der Waals surface area contributed by atoms with Gasteiger partial charge in [0.15, 0.2) is 0 Å². The van der Waals surface area contributed by atoms with Gasteiger partial charge in [0.05, 0.1) is 0 Å². The summed E-state index contributed by atoms with van der Waals surface area (Å²) in [4.78, 5) is 2.81. The average Bonchev–Trinajstić information content (AvgIpc) is 2.51. The van der Waals surface area contributed by atoms with Gasteiger partial charge in [-0.25, -0.2) is 0 Å². The van der Waals surface area contributed by atoms with Gasteiger partial charge in [-0.15, -0.1) is 0 Å². The van der Waals surface area contributed by atoms with Crippen LogP contribution in [0.25, 0.3) is 0 Å². The van der Waals surface area contributed by atoms with Crippen molar-refractivity contribution >= 4 is 0 Å². The Balaban J connectivity index is 1.91. The van der Waals surface area contributed by atoms with Crippen molar-refractivity contribution in [1.82, 2.24) is 10.2 Å². The van der Waals surface area contributed by atoms with E-state index >= 15 is 0 Å². The highest BCUT2D eigenvalue weighted by Gasteiger charge is 2.36. The molecule has 0 aromatic carbocycles. The second-order valence-corrected chi connectivity index (χ2v) is 8.01. The standard InChI is InChI=1S/C19H38N2/c1-4-12-20-15-19(10-8-17(3)9-11-19)16-21-13-6-7-18(5-2)14-21/h17-18,20H,4-16H2,1-3H3. The van der Waals surface area contributed by atoms with Gasteiger partial charge >= 0.3 is 0 Å². The summed E-state index contributed by atoms with van der Waals surface area (Å²) in [6.07, 6.45) is 11.3. The lowest BCUT2D eigenvalue weighted by atomic mass is 9.70. The van der Waals surface area contributed by atoms with Crippen LogP contribution in [0, 0.1) is 17.3 Å². The second kappa shape index (κ2) is 8.53. The molecule has 1 saturated carbocycles. The first kappa shape index (κ1) is 17.3. The van der Waals surface area contributed by atoms with E-state index < -0.39 is 0 Å². The van der Waals surface area contributed by atoms with Crippen molar-refractivity contribution in [2.24, 2.45) is 17.3 Å². The van der Waals surface area contributed by atoms with Crippen LogP contribution in [0.3, 0.4) is 0 Å². The molecule has 1 aliphatic carbocycles. The maximum Gasteiger partial charge on any atom is 0.00503 e. The molecule has 124 valence electrons. The summed E-state index contributed by atoms with van der Waals surface area (Å²) in [7, 11) is 0. The van der Waals surface area contributed by atoms with E-state index in [1.54, 1.807) is 0 Å². The summed E-state index contributed by atoms with van der Waals surface area (Å²) in [6.45, 7) is 13.6. The van der Waals surface area contributed by atoms with Gasteiger partial charge < -0.3 is 10.2 Å². The van der Waals surface area contributed by atoms with Gasteiger partial charge in [0.1, 0.15) is 0 Å². The highest BCUT2D eigenvalue weighted by Crippen LogP contribution is 2.40. The molecule has 2 heteroatoms. The molecular formula is C19H38N2. The van der Waals surface area contributed by atoms with E-state index in [9.17, 15) is 0 Å². The maximum absolute atomic E-state index is 3.75. The lowest BCUT2D eigenvalue weighted by Crippen LogP contribution is -2.48. The SMILES string of the molecule is CCCNCC1(CN2CCCC(CC)C2)CCC(C)CC1. The largest absolute Gasteiger partial charge is 0.316 e. The second-order valence-electron chi connectivity index (χ2n) is 8.01. The molecule has 1 unspecified atom stereocenters. The van der Waals surface area contributed by atoms with Crippen LogP contribution in [-0.2, 0) is 0 Å². The number of hydrogen-bond donors (Lipinski definition) is 1. The van der Waals surface area contributed by atoms with Crippen LogP contribution in [-0.4, -0.2) is 37.6 Å². The summed E-state index contributed by atoms with van der Waals surface area (Å²) in [5, 5.41) is 3.75. The Hall–Kier alpha value is -0.0800. The van der Waals surface area contributed by atoms with Crippen LogP contribution in [0.15, 0.2) is 0 Å². The van der Waals surface area contributed by atoms with E-state index in [0.29, 0.717) is 5.41 Å². The molecule has 0 aromatic rings. The summed E-state index contributed by atoms with van der Waals surface area (Å²) in [5.74, 6) is 1.91. The fraction of sp³-hybridized carbons (Fsp3) is 1.00. The van der Waals surface area contributed by atoms with Crippen LogP contribution in [0.1, 0.15) is 72.1 Å². The molecule has 1 N–H and O–H groups in total. The lowest BCUT2D eigenvalue weighted by Gasteiger charge is -2.45. The van der Waals surface area contributed by atoms with Gasteiger partial charge in [0, 0.05) is 19.6 Å². The van der Waals surface area contributed by atoms with Gasteiger partial charge in [-0.2, -0.15) is 0 Å². The number of likely N-dealkylation sites (tertiary alicyclic amines) is 1. The minimum atomic E-state index is 0.567. The fourth-order valence-corrected chi connectivity index (χ4v) is 4.40. The van der Waals surface area contributed by atoms with Crippen LogP contribution in [0.5, 0.6) is 0 Å². The Kier molecular flexibility index (Phi) is 7.01. The van der Waals surface area contributed by atoms with Crippen molar-refractivity contribution < 1.29 is 0 Å². The third kappa shape index (κ3) is 5.25. The third-order valence-corrected chi connectivity index (χ3v) is 6.00. The number of piperidine rings is 1. The van der Waals surface area contributed by atoms with Gasteiger partial charge in [0.25, 0.3) is 0 Å². The van der Waals surface area contributed by atoms with Gasteiger partial charge in [0.2, 0.25) is 0 Å². The highest BCUT2D eigenvalue weighted by atomic mass is 15.1. The molecule has 1 saturated heterocycles. The zero-order valence-electron chi connectivity index (χ0n) is 14.8. The van der Waals surface area contributed by atoms with Crippen molar-refractivity contribution in [2.45, 2.75) is 72.1 Å². The number of hydrogen-bond acceptors (Lipinski definition) is 2. The normalized spacial score (nSPS) is 35.0. The van der Waals surface area contributed by atoms with Crippen molar-refractivity contribution in [3.8, 4) is 0 Å². The molecule has 0 bridgehead atoms. The van der Waals surface area contributed by atoms with Gasteiger partial charge in [-0.05, 0) is 62.4 Å². The maximum atomic E-state index is 3.75. The Morgan fingerprint density at radius 3 is 2.57 bits per heavy atom. The highest BCUT2D eigenvalue weighted by molar-refractivity contribution is 4.90. The summed E-state index contributed by atoms with van der Waals surface area (Å²) >= 11 is 0. The molecule has 0 spiro atoms. The van der Waals surface area contributed by atoms with Crippen molar-refractivity contribution in [1.29, 1.82) is 0 Å². The predicted octanol–water partition coefficient (Wildman–Crippen LogP) is 4.30. The minimum absolute atomic E-state index is 0.567. The van der Waals surface area contributed by atoms with E-state index in [-0.39, 0.29) is 0 Å². The van der Waals surface area contributed by atoms with Crippen molar-refractivity contribution in [3.63, 3.8) is 0 Å². The topological polar surface area (TPSA) is 15.3 Å². The molecule has 1 atom stereocenters. The minimum Gasteiger partial charge on any atom is -0.316 e. The molecule has 1 heterocycles. The van der Waals surface area contributed by atoms with Gasteiger partial charge in [-0.1, -0.05) is 40.0 Å². The average molecular weight is 295 g/mol. The molecule has 2 aliphatic rings. The third-order valence-electron chi connectivity index (χ3n) is 6.00. The Morgan fingerprint density at radius 1 is 1.14 bits per heavy atom. The molecule has 1 aliphatic heterocycles. The quantitative estimate of drug-likeness (QED) is 0.704. The summed E-state index contributed by atoms with van der Waals surface area (Å²) in [6, 6.07) is 0. The smallest absolute Gasteiger partial charge is 0.00503 e. The van der Waals surface area contributed by atoms with Crippen molar-refractivity contribution in [3.05, 3.63) is 0 Å². The van der Waals surface area contributed by atoms with E-state index in [2.05, 4.69) is 31.0 Å². The van der Waals surface area contributed by atoms with Crippen LogP contribution in [0.4, 0.5) is 0 Å². The summed E-state index contributed by atoms with van der Waals surface area (Å²) in [5.41, 5.74) is 0.567. The number of nitrogens with zero attached hydrogens (tertiary/aromatic N) is 1. The Morgan fingerprint density at radius 2 is 1.90 bits per heavy atom.